The first-order chi connectivity index (χ1) is 15.5. The number of nitrogens with zero attached hydrogens (tertiary/aromatic N) is 5. The number of imidazole rings is 1. The largest absolute Gasteiger partial charge is 0.457 e. The number of carbonyl (C=O) groups excluding carboxylic acids is 1. The smallest absolute Gasteiger partial charge is 0.329 e. The van der Waals surface area contributed by atoms with Gasteiger partial charge in [0.1, 0.15) is 0 Å². The van der Waals surface area contributed by atoms with Crippen molar-refractivity contribution in [1.82, 2.24) is 24.1 Å². The van der Waals surface area contributed by atoms with E-state index in [1.807, 2.05) is 61.5 Å². The quantitative estimate of drug-likeness (QED) is 0.405. The normalized spacial score (nSPS) is 10.9. The first-order valence-electron chi connectivity index (χ1n) is 10.2. The third kappa shape index (κ3) is 4.59. The highest BCUT2D eigenvalue weighted by atomic mass is 16.5. The van der Waals surface area contributed by atoms with Gasteiger partial charge >= 0.3 is 11.7 Å². The van der Waals surface area contributed by atoms with Crippen molar-refractivity contribution in [3.8, 4) is 0 Å². The highest BCUT2D eigenvalue weighted by Crippen LogP contribution is 2.14. The molecule has 164 valence electrons. The summed E-state index contributed by atoms with van der Waals surface area (Å²) >= 11 is 0. The molecule has 32 heavy (non-hydrogen) atoms. The van der Waals surface area contributed by atoms with Gasteiger partial charge in [-0.2, -0.15) is 15.0 Å². The van der Waals surface area contributed by atoms with Crippen molar-refractivity contribution in [3.05, 3.63) is 70.9 Å². The van der Waals surface area contributed by atoms with Crippen LogP contribution in [-0.2, 0) is 29.2 Å². The molecule has 0 saturated carbocycles. The van der Waals surface area contributed by atoms with Gasteiger partial charge in [-0.3, -0.25) is 13.9 Å². The summed E-state index contributed by atoms with van der Waals surface area (Å²) in [7, 11) is 0. The lowest BCUT2D eigenvalue weighted by Gasteiger charge is -2.08. The first kappa shape index (κ1) is 21.0. The second-order valence-electron chi connectivity index (χ2n) is 7.00. The van der Waals surface area contributed by atoms with E-state index < -0.39 is 5.97 Å². The van der Waals surface area contributed by atoms with Crippen LogP contribution in [0.25, 0.3) is 11.0 Å². The fourth-order valence-electron chi connectivity index (χ4n) is 3.42. The Bertz CT molecular complexity index is 1300. The van der Waals surface area contributed by atoms with Crippen LogP contribution < -0.4 is 16.7 Å². The number of ether oxygens (including phenoxy) is 1. The Morgan fingerprint density at radius 1 is 1.00 bits per heavy atom. The number of aryl methyl sites for hydroxylation is 2. The minimum absolute atomic E-state index is 0.0170. The maximum absolute atomic E-state index is 12.7. The number of nitrogens with one attached hydrogen (secondary N) is 1. The van der Waals surface area contributed by atoms with Crippen molar-refractivity contribution in [2.75, 3.05) is 11.1 Å². The number of esters is 1. The standard InChI is InChI=1S/C22H23N7O3/c1-2-28-16-10-6-7-11-17(16)29(22(28)31)13-12-19(30)32-14-18-25-20(23)27-21(26-18)24-15-8-4-3-5-9-15/h3-11H,2,12-14H2,1H3,(H3,23,24,25,26,27). The van der Waals surface area contributed by atoms with Gasteiger partial charge in [0.25, 0.3) is 0 Å². The summed E-state index contributed by atoms with van der Waals surface area (Å²) < 4.78 is 8.56. The van der Waals surface area contributed by atoms with E-state index in [0.29, 0.717) is 6.54 Å². The minimum Gasteiger partial charge on any atom is -0.457 e. The monoisotopic (exact) mass is 433 g/mol. The van der Waals surface area contributed by atoms with Crippen molar-refractivity contribution in [2.24, 2.45) is 0 Å². The summed E-state index contributed by atoms with van der Waals surface area (Å²) in [6, 6.07) is 16.9. The van der Waals surface area contributed by atoms with Gasteiger partial charge in [0.15, 0.2) is 12.4 Å². The fraction of sp³-hybridized carbons (Fsp3) is 0.227. The molecule has 0 spiro atoms. The van der Waals surface area contributed by atoms with Crippen LogP contribution in [0.3, 0.4) is 0 Å². The van der Waals surface area contributed by atoms with Crippen LogP contribution >= 0.6 is 0 Å². The van der Waals surface area contributed by atoms with E-state index in [9.17, 15) is 9.59 Å². The Balaban J connectivity index is 1.39. The molecule has 0 fully saturated rings. The van der Waals surface area contributed by atoms with Gasteiger partial charge in [-0.15, -0.1) is 0 Å². The zero-order valence-electron chi connectivity index (χ0n) is 17.6. The lowest BCUT2D eigenvalue weighted by atomic mass is 10.3. The summed E-state index contributed by atoms with van der Waals surface area (Å²) in [5.41, 5.74) is 8.02. The molecule has 0 unspecified atom stereocenters. The lowest BCUT2D eigenvalue weighted by Crippen LogP contribution is -2.25. The van der Waals surface area contributed by atoms with E-state index >= 15 is 0 Å². The SMILES string of the molecule is CCn1c(=O)n(CCC(=O)OCc2nc(N)nc(Nc3ccccc3)n2)c2ccccc21. The van der Waals surface area contributed by atoms with E-state index in [1.165, 1.54) is 0 Å². The van der Waals surface area contributed by atoms with E-state index in [0.717, 1.165) is 16.7 Å². The zero-order chi connectivity index (χ0) is 22.5. The molecule has 3 N–H and O–H groups in total. The summed E-state index contributed by atoms with van der Waals surface area (Å²) in [5, 5.41) is 3.03. The number of nitrogen functional groups attached to an aromatic ring is 1. The number of nitrogens with two attached hydrogens (primary N) is 1. The van der Waals surface area contributed by atoms with Gasteiger partial charge in [0.2, 0.25) is 11.9 Å². The van der Waals surface area contributed by atoms with Gasteiger partial charge in [0.05, 0.1) is 17.5 Å². The third-order valence-electron chi connectivity index (χ3n) is 4.87. The molecule has 10 nitrogen and oxygen atoms in total. The second kappa shape index (κ2) is 9.29. The van der Waals surface area contributed by atoms with Crippen LogP contribution in [0.5, 0.6) is 0 Å². The number of anilines is 3. The zero-order valence-corrected chi connectivity index (χ0v) is 17.6. The average molecular weight is 433 g/mol. The molecule has 2 aromatic heterocycles. The number of fused-ring (bicyclic) bond motifs is 1. The number of benzene rings is 2. The maximum atomic E-state index is 12.7. The molecule has 0 atom stereocenters. The highest BCUT2D eigenvalue weighted by molar-refractivity contribution is 5.76. The minimum atomic E-state index is -0.471. The van der Waals surface area contributed by atoms with Gasteiger partial charge in [-0.1, -0.05) is 30.3 Å². The van der Waals surface area contributed by atoms with E-state index in [2.05, 4.69) is 20.3 Å². The van der Waals surface area contributed by atoms with Crippen LogP contribution in [0.2, 0.25) is 0 Å². The van der Waals surface area contributed by atoms with Crippen molar-refractivity contribution in [2.45, 2.75) is 33.0 Å². The Morgan fingerprint density at radius 2 is 1.69 bits per heavy atom. The van der Waals surface area contributed by atoms with Crippen LogP contribution in [-0.4, -0.2) is 30.1 Å². The number of aromatic nitrogens is 5. The lowest BCUT2D eigenvalue weighted by molar-refractivity contribution is -0.145. The van der Waals surface area contributed by atoms with E-state index in [1.54, 1.807) is 9.13 Å². The Hall–Kier alpha value is -4.21. The molecule has 10 heteroatoms. The number of carbonyl (C=O) groups is 1. The van der Waals surface area contributed by atoms with E-state index in [4.69, 9.17) is 10.5 Å². The molecule has 2 heterocycles. The molecule has 2 aromatic carbocycles. The molecule has 0 amide bonds. The molecule has 4 rings (SSSR count). The van der Waals surface area contributed by atoms with E-state index in [-0.39, 0.29) is 43.0 Å². The molecule has 0 aliphatic rings. The number of rotatable bonds is 8. The van der Waals surface area contributed by atoms with Crippen molar-refractivity contribution < 1.29 is 9.53 Å². The van der Waals surface area contributed by atoms with Gasteiger partial charge in [-0.25, -0.2) is 4.79 Å². The van der Waals surface area contributed by atoms with Crippen molar-refractivity contribution >= 4 is 34.6 Å². The molecule has 0 radical (unpaired) electrons. The predicted octanol–water partition coefficient (Wildman–Crippen LogP) is 2.47. The molecule has 0 bridgehead atoms. The van der Waals surface area contributed by atoms with Crippen molar-refractivity contribution in [3.63, 3.8) is 0 Å². The molecule has 4 aromatic rings. The molecular formula is C22H23N7O3. The molecule has 0 saturated heterocycles. The third-order valence-corrected chi connectivity index (χ3v) is 4.87. The van der Waals surface area contributed by atoms with Gasteiger partial charge in [-0.05, 0) is 31.2 Å². The van der Waals surface area contributed by atoms with Gasteiger partial charge in [0, 0.05) is 18.8 Å². The Labute approximate surface area is 183 Å². The number of para-hydroxylation sites is 3. The molecular weight excluding hydrogens is 410 g/mol. The molecule has 0 aliphatic heterocycles. The first-order valence-corrected chi connectivity index (χ1v) is 10.2. The predicted molar refractivity (Wildman–Crippen MR) is 120 cm³/mol. The van der Waals surface area contributed by atoms with Crippen LogP contribution in [0, 0.1) is 0 Å². The van der Waals surface area contributed by atoms with Crippen molar-refractivity contribution in [1.29, 1.82) is 0 Å². The van der Waals surface area contributed by atoms with Gasteiger partial charge < -0.3 is 15.8 Å². The Morgan fingerprint density at radius 3 is 2.41 bits per heavy atom. The maximum Gasteiger partial charge on any atom is 0.329 e. The summed E-state index contributed by atoms with van der Waals surface area (Å²) in [6.45, 7) is 2.52. The fourth-order valence-corrected chi connectivity index (χ4v) is 3.42. The highest BCUT2D eigenvalue weighted by Gasteiger charge is 2.14. The number of hydrogen-bond donors (Lipinski definition) is 2. The van der Waals surface area contributed by atoms with Crippen LogP contribution in [0.15, 0.2) is 59.4 Å². The van der Waals surface area contributed by atoms with Crippen LogP contribution in [0.1, 0.15) is 19.2 Å². The van der Waals surface area contributed by atoms with Crippen LogP contribution in [0.4, 0.5) is 17.6 Å². The molecule has 0 aliphatic carbocycles. The second-order valence-corrected chi connectivity index (χ2v) is 7.00. The summed E-state index contributed by atoms with van der Waals surface area (Å²) in [5.74, 6) is 0.0305. The topological polar surface area (TPSA) is 130 Å². The summed E-state index contributed by atoms with van der Waals surface area (Å²) in [6.07, 6.45) is 0.0350. The Kier molecular flexibility index (Phi) is 6.11. The average Bonchev–Trinajstić information content (AvgIpc) is 3.07. The number of hydrogen-bond acceptors (Lipinski definition) is 8. The summed E-state index contributed by atoms with van der Waals surface area (Å²) in [4.78, 5) is 37.3.